The van der Waals surface area contributed by atoms with Crippen LogP contribution in [0.3, 0.4) is 0 Å². The molecule has 0 radical (unpaired) electrons. The molecule has 0 spiro atoms. The Labute approximate surface area is 163 Å². The van der Waals surface area contributed by atoms with E-state index >= 15 is 0 Å². The van der Waals surface area contributed by atoms with Crippen LogP contribution in [-0.4, -0.2) is 64.2 Å². The SMILES string of the molecule is O=C1c2cc(N3CCOCC3)ccc2C(=O)c2c1cccc2N1CCOCC1. The molecule has 5 rings (SSSR count). The van der Waals surface area contributed by atoms with Crippen molar-refractivity contribution in [2.24, 2.45) is 0 Å². The number of hydrogen-bond acceptors (Lipinski definition) is 6. The van der Waals surface area contributed by atoms with Gasteiger partial charge in [-0.25, -0.2) is 0 Å². The summed E-state index contributed by atoms with van der Waals surface area (Å²) in [6.07, 6.45) is 0. The van der Waals surface area contributed by atoms with Crippen LogP contribution in [0.1, 0.15) is 31.8 Å². The number of nitrogens with zero attached hydrogens (tertiary/aromatic N) is 2. The second kappa shape index (κ2) is 7.04. The topological polar surface area (TPSA) is 59.1 Å². The Morgan fingerprint density at radius 1 is 0.679 bits per heavy atom. The highest BCUT2D eigenvalue weighted by Crippen LogP contribution is 2.35. The third-order valence-corrected chi connectivity index (χ3v) is 5.73. The zero-order valence-electron chi connectivity index (χ0n) is 15.6. The lowest BCUT2D eigenvalue weighted by Crippen LogP contribution is -2.38. The number of anilines is 2. The fourth-order valence-corrected chi connectivity index (χ4v) is 4.25. The van der Waals surface area contributed by atoms with Crippen molar-refractivity contribution in [1.82, 2.24) is 0 Å². The van der Waals surface area contributed by atoms with E-state index in [2.05, 4.69) is 9.80 Å². The lowest BCUT2D eigenvalue weighted by Gasteiger charge is -2.32. The molecule has 0 atom stereocenters. The van der Waals surface area contributed by atoms with E-state index in [4.69, 9.17) is 9.47 Å². The number of hydrogen-bond donors (Lipinski definition) is 0. The van der Waals surface area contributed by atoms with Gasteiger partial charge in [0, 0.05) is 54.2 Å². The van der Waals surface area contributed by atoms with Crippen LogP contribution in [0.15, 0.2) is 36.4 Å². The van der Waals surface area contributed by atoms with Crippen molar-refractivity contribution in [3.05, 3.63) is 58.7 Å². The first-order valence-electron chi connectivity index (χ1n) is 9.76. The van der Waals surface area contributed by atoms with E-state index in [0.717, 1.165) is 37.6 Å². The molecule has 3 aliphatic rings. The predicted octanol–water partition coefficient (Wildman–Crippen LogP) is 2.14. The van der Waals surface area contributed by atoms with Gasteiger partial charge in [-0.15, -0.1) is 0 Å². The van der Waals surface area contributed by atoms with Gasteiger partial charge in [0.05, 0.1) is 32.0 Å². The second-order valence-electron chi connectivity index (χ2n) is 7.29. The maximum absolute atomic E-state index is 13.4. The lowest BCUT2D eigenvalue weighted by molar-refractivity contribution is 0.0978. The monoisotopic (exact) mass is 378 g/mol. The van der Waals surface area contributed by atoms with Gasteiger partial charge in [0.25, 0.3) is 0 Å². The van der Waals surface area contributed by atoms with Crippen molar-refractivity contribution in [3.63, 3.8) is 0 Å². The summed E-state index contributed by atoms with van der Waals surface area (Å²) in [5, 5.41) is 0. The van der Waals surface area contributed by atoms with Crippen LogP contribution < -0.4 is 9.80 Å². The van der Waals surface area contributed by atoms with Crippen LogP contribution in [0.4, 0.5) is 11.4 Å². The van der Waals surface area contributed by atoms with Crippen molar-refractivity contribution in [2.45, 2.75) is 0 Å². The zero-order valence-corrected chi connectivity index (χ0v) is 15.6. The lowest BCUT2D eigenvalue weighted by atomic mass is 9.82. The van der Waals surface area contributed by atoms with Crippen LogP contribution in [0.2, 0.25) is 0 Å². The van der Waals surface area contributed by atoms with Gasteiger partial charge in [-0.1, -0.05) is 12.1 Å². The van der Waals surface area contributed by atoms with Gasteiger partial charge < -0.3 is 19.3 Å². The summed E-state index contributed by atoms with van der Waals surface area (Å²) in [5.74, 6) is -0.143. The Hall–Kier alpha value is -2.70. The number of ketones is 2. The van der Waals surface area contributed by atoms with Crippen LogP contribution in [0, 0.1) is 0 Å². The van der Waals surface area contributed by atoms with Gasteiger partial charge in [0.1, 0.15) is 0 Å². The number of carbonyl (C=O) groups is 2. The number of morpholine rings is 2. The first kappa shape index (κ1) is 17.4. The highest BCUT2D eigenvalue weighted by atomic mass is 16.5. The van der Waals surface area contributed by atoms with Crippen molar-refractivity contribution in [3.8, 4) is 0 Å². The van der Waals surface area contributed by atoms with Crippen molar-refractivity contribution >= 4 is 22.9 Å². The van der Waals surface area contributed by atoms with Crippen molar-refractivity contribution in [1.29, 1.82) is 0 Å². The molecule has 144 valence electrons. The molecule has 0 amide bonds. The standard InChI is InChI=1S/C22H22N2O4/c25-21-17-2-1-3-19(24-8-12-28-13-9-24)20(17)22(26)16-5-4-15(14-18(16)21)23-6-10-27-11-7-23/h1-5,14H,6-13H2. The maximum Gasteiger partial charge on any atom is 0.196 e. The Morgan fingerprint density at radius 3 is 2.07 bits per heavy atom. The fourth-order valence-electron chi connectivity index (χ4n) is 4.25. The minimum absolute atomic E-state index is 0.0692. The summed E-state index contributed by atoms with van der Waals surface area (Å²) in [5.41, 5.74) is 3.83. The summed E-state index contributed by atoms with van der Waals surface area (Å²) >= 11 is 0. The summed E-state index contributed by atoms with van der Waals surface area (Å²) in [6.45, 7) is 5.64. The highest BCUT2D eigenvalue weighted by molar-refractivity contribution is 6.30. The van der Waals surface area contributed by atoms with Crippen LogP contribution in [0.5, 0.6) is 0 Å². The molecule has 2 aromatic rings. The fraction of sp³-hybridized carbons (Fsp3) is 0.364. The summed E-state index contributed by atoms with van der Waals surface area (Å²) in [4.78, 5) is 31.0. The van der Waals surface area contributed by atoms with Gasteiger partial charge >= 0.3 is 0 Å². The number of ether oxygens (including phenoxy) is 2. The molecule has 0 aromatic heterocycles. The van der Waals surface area contributed by atoms with E-state index in [0.29, 0.717) is 48.7 Å². The van der Waals surface area contributed by atoms with E-state index < -0.39 is 0 Å². The highest BCUT2D eigenvalue weighted by Gasteiger charge is 2.33. The molecule has 2 aliphatic heterocycles. The van der Waals surface area contributed by atoms with E-state index in [1.54, 1.807) is 12.1 Å². The van der Waals surface area contributed by atoms with Gasteiger partial charge in [-0.05, 0) is 24.3 Å². The van der Waals surface area contributed by atoms with Crippen LogP contribution in [-0.2, 0) is 9.47 Å². The molecule has 2 saturated heterocycles. The Bertz CT molecular complexity index is 940. The maximum atomic E-state index is 13.4. The zero-order chi connectivity index (χ0) is 19.1. The smallest absolute Gasteiger partial charge is 0.196 e. The third-order valence-electron chi connectivity index (χ3n) is 5.73. The largest absolute Gasteiger partial charge is 0.378 e. The Balaban J connectivity index is 1.56. The molecular formula is C22H22N2O4. The van der Waals surface area contributed by atoms with Crippen LogP contribution in [0.25, 0.3) is 0 Å². The first-order chi connectivity index (χ1) is 13.7. The Kier molecular flexibility index (Phi) is 4.37. The first-order valence-corrected chi connectivity index (χ1v) is 9.76. The number of benzene rings is 2. The normalized spacial score (nSPS) is 19.4. The molecular weight excluding hydrogens is 356 g/mol. The molecule has 6 nitrogen and oxygen atoms in total. The molecule has 0 unspecified atom stereocenters. The molecule has 2 aromatic carbocycles. The van der Waals surface area contributed by atoms with Gasteiger partial charge in [-0.3, -0.25) is 9.59 Å². The molecule has 0 saturated carbocycles. The summed E-state index contributed by atoms with van der Waals surface area (Å²) in [7, 11) is 0. The van der Waals surface area contributed by atoms with Gasteiger partial charge in [0.15, 0.2) is 11.6 Å². The average Bonchev–Trinajstić information content (AvgIpc) is 2.78. The van der Waals surface area contributed by atoms with E-state index in [-0.39, 0.29) is 11.6 Å². The number of rotatable bonds is 2. The predicted molar refractivity (Wildman–Crippen MR) is 106 cm³/mol. The summed E-state index contributed by atoms with van der Waals surface area (Å²) < 4.78 is 10.8. The van der Waals surface area contributed by atoms with Crippen molar-refractivity contribution < 1.29 is 19.1 Å². The van der Waals surface area contributed by atoms with Gasteiger partial charge in [0.2, 0.25) is 0 Å². The van der Waals surface area contributed by atoms with E-state index in [1.807, 2.05) is 24.3 Å². The van der Waals surface area contributed by atoms with Gasteiger partial charge in [-0.2, -0.15) is 0 Å². The minimum Gasteiger partial charge on any atom is -0.378 e. The average molecular weight is 378 g/mol. The molecule has 0 N–H and O–H groups in total. The molecule has 1 aliphatic carbocycles. The molecule has 6 heteroatoms. The quantitative estimate of drug-likeness (QED) is 0.681. The molecule has 28 heavy (non-hydrogen) atoms. The second-order valence-corrected chi connectivity index (χ2v) is 7.29. The molecule has 0 bridgehead atoms. The van der Waals surface area contributed by atoms with Crippen LogP contribution >= 0.6 is 0 Å². The third kappa shape index (κ3) is 2.80. The summed E-state index contributed by atoms with van der Waals surface area (Å²) in [6, 6.07) is 11.2. The van der Waals surface area contributed by atoms with E-state index in [1.165, 1.54) is 0 Å². The molecule has 2 heterocycles. The molecule has 2 fully saturated rings. The number of fused-ring (bicyclic) bond motifs is 2. The van der Waals surface area contributed by atoms with Crippen molar-refractivity contribution in [2.75, 3.05) is 62.4 Å². The number of carbonyl (C=O) groups excluding carboxylic acids is 2. The Morgan fingerprint density at radius 2 is 1.36 bits per heavy atom. The van der Waals surface area contributed by atoms with E-state index in [9.17, 15) is 9.59 Å². The minimum atomic E-state index is -0.0742.